The first-order valence-corrected chi connectivity index (χ1v) is 13.4. The van der Waals surface area contributed by atoms with E-state index in [4.69, 9.17) is 20.1 Å². The van der Waals surface area contributed by atoms with Gasteiger partial charge in [0.2, 0.25) is 5.76 Å². The van der Waals surface area contributed by atoms with Crippen LogP contribution in [0.15, 0.2) is 9.32 Å². The zero-order valence-corrected chi connectivity index (χ0v) is 23.4. The second-order valence-electron chi connectivity index (χ2n) is 7.99. The predicted molar refractivity (Wildman–Crippen MR) is 145 cm³/mol. The monoisotopic (exact) mass is 508 g/mol. The first-order valence-electron chi connectivity index (χ1n) is 13.4. The van der Waals surface area contributed by atoms with Crippen molar-refractivity contribution in [2.45, 2.75) is 105 Å². The number of hydrogen-bond donors (Lipinski definition) is 3. The van der Waals surface area contributed by atoms with Crippen molar-refractivity contribution in [3.8, 4) is 11.6 Å². The number of carbonyl (C=O) groups excluding carboxylic acids is 1. The van der Waals surface area contributed by atoms with Gasteiger partial charge in [0.15, 0.2) is 5.82 Å². The Morgan fingerprint density at radius 1 is 1.03 bits per heavy atom. The molecule has 4 rings (SSSR count). The number of ether oxygens (including phenoxy) is 1. The number of aromatic nitrogens is 3. The first kappa shape index (κ1) is 33.5. The fourth-order valence-electron chi connectivity index (χ4n) is 3.89. The van der Waals surface area contributed by atoms with E-state index >= 15 is 0 Å². The molecule has 2 fully saturated rings. The second kappa shape index (κ2) is 19.6. The third-order valence-electron chi connectivity index (χ3n) is 5.68. The number of carbonyl (C=O) groups is 1. The molecule has 9 heteroatoms. The zero-order chi connectivity index (χ0) is 27.5. The number of nitrogens with zero attached hydrogens (tertiary/aromatic N) is 2. The van der Waals surface area contributed by atoms with Gasteiger partial charge in [-0.05, 0) is 45.4 Å². The number of H-pyrrole nitrogens is 1. The number of aromatic amines is 1. The number of nitrogen functional groups attached to an aromatic ring is 1. The highest BCUT2D eigenvalue weighted by Gasteiger charge is 2.31. The van der Waals surface area contributed by atoms with Gasteiger partial charge in [-0.25, -0.2) is 4.98 Å². The maximum absolute atomic E-state index is 12.3. The Bertz CT molecular complexity index is 908. The molecule has 0 aromatic carbocycles. The number of hydrogen-bond acceptors (Lipinski definition) is 8. The maximum Gasteiger partial charge on any atom is 0.256 e. The molecule has 1 aliphatic carbocycles. The van der Waals surface area contributed by atoms with Crippen LogP contribution in [0.1, 0.15) is 109 Å². The third kappa shape index (κ3) is 9.85. The molecule has 9 nitrogen and oxygen atoms in total. The molecule has 3 heterocycles. The molecule has 1 saturated heterocycles. The van der Waals surface area contributed by atoms with Gasteiger partial charge >= 0.3 is 0 Å². The van der Waals surface area contributed by atoms with Gasteiger partial charge in [-0.2, -0.15) is 0 Å². The average molecular weight is 509 g/mol. The molecular weight excluding hydrogens is 460 g/mol. The van der Waals surface area contributed by atoms with Crippen molar-refractivity contribution in [2.75, 3.05) is 26.1 Å². The lowest BCUT2D eigenvalue weighted by molar-refractivity contribution is -0.122. The summed E-state index contributed by atoms with van der Waals surface area (Å²) in [5.41, 5.74) is 7.42. The summed E-state index contributed by atoms with van der Waals surface area (Å²) in [6.45, 7) is 13.7. The Hall–Kier alpha value is -2.52. The topological polar surface area (TPSA) is 144 Å². The number of nitrogens with one attached hydrogen (secondary N) is 1. The van der Waals surface area contributed by atoms with E-state index in [9.17, 15) is 9.59 Å². The molecule has 4 N–H and O–H groups in total. The lowest BCUT2D eigenvalue weighted by Gasteiger charge is -2.19. The Balaban J connectivity index is 0.000000859. The molecule has 1 atom stereocenters. The van der Waals surface area contributed by atoms with Crippen molar-refractivity contribution in [3.05, 3.63) is 27.2 Å². The van der Waals surface area contributed by atoms with Crippen LogP contribution in [0.3, 0.4) is 0 Å². The number of nitrogens with two attached hydrogens (primary N) is 1. The highest BCUT2D eigenvalue weighted by Crippen LogP contribution is 2.35. The minimum atomic E-state index is -0.299. The van der Waals surface area contributed by atoms with Gasteiger partial charge in [0, 0.05) is 32.3 Å². The highest BCUT2D eigenvalue weighted by molar-refractivity contribution is 5.86. The molecule has 0 amide bonds. The number of ketones is 1. The summed E-state index contributed by atoms with van der Waals surface area (Å²) in [5, 5.41) is 11.2. The van der Waals surface area contributed by atoms with Crippen LogP contribution in [0.2, 0.25) is 0 Å². The zero-order valence-electron chi connectivity index (χ0n) is 23.4. The van der Waals surface area contributed by atoms with Gasteiger partial charge in [0.05, 0.1) is 17.2 Å². The summed E-state index contributed by atoms with van der Waals surface area (Å²) in [7, 11) is 1.00. The predicted octanol–water partition coefficient (Wildman–Crippen LogP) is 5.34. The molecule has 0 unspecified atom stereocenters. The lowest BCUT2D eigenvalue weighted by atomic mass is 9.83. The smallest absolute Gasteiger partial charge is 0.256 e. The summed E-state index contributed by atoms with van der Waals surface area (Å²) < 4.78 is 10.6. The van der Waals surface area contributed by atoms with Crippen LogP contribution in [-0.2, 0) is 16.0 Å². The molecule has 2 aromatic rings. The van der Waals surface area contributed by atoms with E-state index in [1.165, 1.54) is 19.3 Å². The molecule has 2 aliphatic rings. The van der Waals surface area contributed by atoms with Crippen LogP contribution >= 0.6 is 0 Å². The fourth-order valence-corrected chi connectivity index (χ4v) is 3.89. The van der Waals surface area contributed by atoms with Crippen LogP contribution in [0.5, 0.6) is 0 Å². The number of Topliss-reactive ketones (excluding diaryl/α,β-unsaturated/α-hetero) is 1. The molecule has 0 bridgehead atoms. The average Bonchev–Trinajstić information content (AvgIpc) is 3.35. The number of aliphatic hydroxyl groups excluding tert-OH is 1. The van der Waals surface area contributed by atoms with Crippen molar-refractivity contribution in [2.24, 2.45) is 0 Å². The quantitative estimate of drug-likeness (QED) is 0.502. The molecule has 1 aliphatic heterocycles. The van der Waals surface area contributed by atoms with E-state index in [-0.39, 0.29) is 28.9 Å². The largest absolute Gasteiger partial charge is 0.400 e. The number of anilines is 1. The van der Waals surface area contributed by atoms with Crippen molar-refractivity contribution in [3.63, 3.8) is 0 Å². The molecule has 2 aromatic heterocycles. The second-order valence-corrected chi connectivity index (χ2v) is 7.99. The number of aliphatic hydroxyl groups is 1. The normalized spacial score (nSPS) is 16.6. The Kier molecular flexibility index (Phi) is 18.3. The van der Waals surface area contributed by atoms with E-state index < -0.39 is 0 Å². The summed E-state index contributed by atoms with van der Waals surface area (Å²) in [6.07, 6.45) is 8.83. The van der Waals surface area contributed by atoms with Crippen LogP contribution in [0, 0.1) is 6.92 Å². The van der Waals surface area contributed by atoms with E-state index in [1.54, 1.807) is 6.92 Å². The molecule has 1 saturated carbocycles. The number of rotatable bonds is 4. The molecular formula is C27H48N4O5. The van der Waals surface area contributed by atoms with Crippen molar-refractivity contribution < 1.29 is 19.2 Å². The van der Waals surface area contributed by atoms with Gasteiger partial charge < -0.3 is 25.1 Å². The SMILES string of the molecule is C1CCOCC1.CC.CC.CCCc1c([C@H]2CCCCC2=O)noc1-c1nc(N)c(C)c(=O)[nH]1.CO. The van der Waals surface area contributed by atoms with E-state index in [1.807, 2.05) is 34.6 Å². The van der Waals surface area contributed by atoms with Crippen LogP contribution in [-0.4, -0.2) is 46.3 Å². The summed E-state index contributed by atoms with van der Waals surface area (Å²) in [4.78, 5) is 31.2. The molecule has 0 radical (unpaired) electrons. The van der Waals surface area contributed by atoms with Crippen LogP contribution < -0.4 is 11.3 Å². The molecule has 206 valence electrons. The van der Waals surface area contributed by atoms with E-state index in [0.29, 0.717) is 29.9 Å². The van der Waals surface area contributed by atoms with Gasteiger partial charge in [-0.3, -0.25) is 9.59 Å². The lowest BCUT2D eigenvalue weighted by Crippen LogP contribution is -2.19. The van der Waals surface area contributed by atoms with E-state index in [0.717, 1.165) is 51.6 Å². The summed E-state index contributed by atoms with van der Waals surface area (Å²) >= 11 is 0. The van der Waals surface area contributed by atoms with Crippen molar-refractivity contribution >= 4 is 11.6 Å². The van der Waals surface area contributed by atoms with Gasteiger partial charge in [-0.15, -0.1) is 0 Å². The summed E-state index contributed by atoms with van der Waals surface area (Å²) in [6, 6.07) is 0. The van der Waals surface area contributed by atoms with Gasteiger partial charge in [0.1, 0.15) is 11.6 Å². The Labute approximate surface area is 216 Å². The van der Waals surface area contributed by atoms with Gasteiger partial charge in [0.25, 0.3) is 5.56 Å². The Morgan fingerprint density at radius 2 is 1.67 bits per heavy atom. The maximum atomic E-state index is 12.3. The molecule has 36 heavy (non-hydrogen) atoms. The van der Waals surface area contributed by atoms with Crippen molar-refractivity contribution in [1.29, 1.82) is 0 Å². The van der Waals surface area contributed by atoms with Crippen LogP contribution in [0.25, 0.3) is 11.6 Å². The van der Waals surface area contributed by atoms with Crippen LogP contribution in [0.4, 0.5) is 5.82 Å². The fraction of sp³-hybridized carbons (Fsp3) is 0.704. The minimum absolute atomic E-state index is 0.169. The highest BCUT2D eigenvalue weighted by atomic mass is 16.5. The minimum Gasteiger partial charge on any atom is -0.400 e. The van der Waals surface area contributed by atoms with Crippen molar-refractivity contribution in [1.82, 2.24) is 15.1 Å². The summed E-state index contributed by atoms with van der Waals surface area (Å²) in [5.74, 6) is 0.848. The van der Waals surface area contributed by atoms with Gasteiger partial charge in [-0.1, -0.05) is 52.6 Å². The standard InChI is InChI=1S/C17H22N4O3.C5H10O.2C2H6.CH4O/c1-3-6-11-13(10-7-4-5-8-12(10)22)21-24-14(11)16-19-15(18)9(2)17(23)20-16;1-2-4-6-5-3-1;3*1-2/h10H,3-8H2,1-2H3,(H3,18,19,20,23);1-5H2;2*1-2H3;2H,1H3/t10-;;;;/m0..../s1. The van der Waals surface area contributed by atoms with E-state index in [2.05, 4.69) is 15.1 Å². The third-order valence-corrected chi connectivity index (χ3v) is 5.68. The molecule has 0 spiro atoms. The Morgan fingerprint density at radius 3 is 2.14 bits per heavy atom. The first-order chi connectivity index (χ1) is 17.5.